The molecule has 0 radical (unpaired) electrons. The molecule has 1 aromatic heterocycles. The molecule has 0 saturated carbocycles. The van der Waals surface area contributed by atoms with Crippen LogP contribution in [-0.4, -0.2) is 36.6 Å². The Balaban J connectivity index is 2.78. The lowest BCUT2D eigenvalue weighted by molar-refractivity contribution is -0.139. The summed E-state index contributed by atoms with van der Waals surface area (Å²) in [5.74, 6) is -0.325. The van der Waals surface area contributed by atoms with Crippen LogP contribution in [0.3, 0.4) is 0 Å². The smallest absolute Gasteiger partial charge is 0.318 e. The molecule has 6 nitrogen and oxygen atoms in total. The van der Waals surface area contributed by atoms with E-state index in [0.29, 0.717) is 26.7 Å². The summed E-state index contributed by atoms with van der Waals surface area (Å²) in [6.45, 7) is 1.70. The predicted octanol–water partition coefficient (Wildman–Crippen LogP) is 3.56. The van der Waals surface area contributed by atoms with E-state index in [9.17, 15) is 10.1 Å². The van der Waals surface area contributed by atoms with Crippen LogP contribution in [0, 0.1) is 11.3 Å². The molecular weight excluding hydrogens is 372 g/mol. The van der Waals surface area contributed by atoms with E-state index in [-0.39, 0.29) is 11.4 Å². The summed E-state index contributed by atoms with van der Waals surface area (Å²) in [7, 11) is 2.93. The molecule has 0 spiro atoms. The maximum atomic E-state index is 11.8. The Labute approximate surface area is 161 Å². The van der Waals surface area contributed by atoms with E-state index in [1.807, 2.05) is 6.07 Å². The Bertz CT molecular complexity index is 909. The molecule has 1 aromatic carbocycles. The van der Waals surface area contributed by atoms with Crippen molar-refractivity contribution < 1.29 is 9.53 Å². The number of nitrogens with zero attached hydrogens (tertiary/aromatic N) is 3. The van der Waals surface area contributed by atoms with Crippen molar-refractivity contribution in [2.45, 2.75) is 17.2 Å². The molecule has 2 N–H and O–H groups in total. The zero-order valence-corrected chi connectivity index (χ0v) is 16.1. The average Bonchev–Trinajstić information content (AvgIpc) is 2.63. The summed E-state index contributed by atoms with van der Waals surface area (Å²) in [6.07, 6.45) is 1.58. The van der Waals surface area contributed by atoms with Crippen molar-refractivity contribution in [1.29, 1.82) is 5.26 Å². The van der Waals surface area contributed by atoms with Crippen molar-refractivity contribution in [3.63, 3.8) is 0 Å². The molecule has 0 aliphatic heterocycles. The highest BCUT2D eigenvalue weighted by atomic mass is 35.5. The van der Waals surface area contributed by atoms with E-state index >= 15 is 0 Å². The van der Waals surface area contributed by atoms with Gasteiger partial charge in [0.25, 0.3) is 0 Å². The number of pyridine rings is 1. The normalized spacial score (nSPS) is 12.0. The average molecular weight is 389 g/mol. The molecule has 2 aromatic rings. The third-order valence-electron chi connectivity index (χ3n) is 3.56. The molecule has 0 aliphatic carbocycles. The lowest BCUT2D eigenvalue weighted by Gasteiger charge is -2.17. The maximum Gasteiger partial charge on any atom is 0.318 e. The first-order chi connectivity index (χ1) is 12.4. The summed E-state index contributed by atoms with van der Waals surface area (Å²) in [4.78, 5) is 20.2. The molecule has 1 heterocycles. The molecule has 1 unspecified atom stereocenters. The van der Waals surface area contributed by atoms with Crippen LogP contribution in [0.2, 0.25) is 5.02 Å². The molecular formula is C18H17ClN4O2S. The van der Waals surface area contributed by atoms with Crippen LogP contribution < -0.4 is 5.73 Å². The molecule has 0 saturated heterocycles. The number of esters is 1. The highest BCUT2D eigenvalue weighted by molar-refractivity contribution is 8.00. The zero-order chi connectivity index (χ0) is 19.3. The molecule has 0 fully saturated rings. The van der Waals surface area contributed by atoms with Crippen LogP contribution in [0.4, 0.5) is 5.82 Å². The van der Waals surface area contributed by atoms with Gasteiger partial charge in [-0.25, -0.2) is 4.98 Å². The minimum Gasteiger partial charge on any atom is -0.468 e. The monoisotopic (exact) mass is 388 g/mol. The van der Waals surface area contributed by atoms with Gasteiger partial charge < -0.3 is 10.5 Å². The maximum absolute atomic E-state index is 11.8. The number of nitriles is 1. The fraction of sp³-hybridized carbons (Fsp3) is 0.222. The number of aliphatic imine (C=N–C) groups is 1. The van der Waals surface area contributed by atoms with Crippen LogP contribution >= 0.6 is 23.4 Å². The van der Waals surface area contributed by atoms with Gasteiger partial charge in [-0.1, -0.05) is 41.6 Å². The van der Waals surface area contributed by atoms with Gasteiger partial charge in [0, 0.05) is 35.0 Å². The van der Waals surface area contributed by atoms with Crippen molar-refractivity contribution in [2.24, 2.45) is 4.99 Å². The number of nitrogens with two attached hydrogens (primary N) is 1. The third-order valence-corrected chi connectivity index (χ3v) is 4.97. The van der Waals surface area contributed by atoms with Gasteiger partial charge in [-0.2, -0.15) is 5.26 Å². The Hall–Kier alpha value is -2.56. The molecule has 0 bridgehead atoms. The molecule has 2 rings (SSSR count). The number of hydrogen-bond donors (Lipinski definition) is 1. The zero-order valence-electron chi connectivity index (χ0n) is 14.5. The van der Waals surface area contributed by atoms with Crippen LogP contribution in [0.1, 0.15) is 18.1 Å². The van der Waals surface area contributed by atoms with Crippen LogP contribution in [0.25, 0.3) is 11.1 Å². The first-order valence-electron chi connectivity index (χ1n) is 7.59. The standard InChI is InChI=1S/C18H17ClN4O2S/c1-10(18(24)25-3)26-17-13(9-22-2)15(12(8-20)16(21)23-17)11-6-4-5-7-14(11)19/h4-7,9-10H,1-3H3,(H2,21,23). The fourth-order valence-electron chi connectivity index (χ4n) is 2.37. The molecule has 1 atom stereocenters. The van der Waals surface area contributed by atoms with E-state index in [1.165, 1.54) is 18.9 Å². The van der Waals surface area contributed by atoms with Gasteiger partial charge in [0.1, 0.15) is 27.7 Å². The van der Waals surface area contributed by atoms with Gasteiger partial charge in [-0.05, 0) is 13.0 Å². The molecule has 0 amide bonds. The summed E-state index contributed by atoms with van der Waals surface area (Å²) in [5.41, 5.74) is 7.98. The Kier molecular flexibility index (Phi) is 6.61. The number of anilines is 1. The number of methoxy groups -OCH3 is 1. The van der Waals surface area contributed by atoms with Crippen molar-refractivity contribution in [3.05, 3.63) is 40.4 Å². The van der Waals surface area contributed by atoms with Gasteiger partial charge in [-0.15, -0.1) is 0 Å². The number of halogens is 1. The molecule has 134 valence electrons. The second-order valence-corrected chi connectivity index (χ2v) is 6.96. The first-order valence-corrected chi connectivity index (χ1v) is 8.85. The lowest BCUT2D eigenvalue weighted by atomic mass is 9.96. The number of carbonyl (C=O) groups excluding carboxylic acids is 1. The van der Waals surface area contributed by atoms with E-state index in [1.54, 1.807) is 38.4 Å². The van der Waals surface area contributed by atoms with Crippen molar-refractivity contribution >= 4 is 41.4 Å². The summed E-state index contributed by atoms with van der Waals surface area (Å²) < 4.78 is 4.77. The van der Waals surface area contributed by atoms with Crippen molar-refractivity contribution in [3.8, 4) is 17.2 Å². The molecule has 0 aliphatic rings. The van der Waals surface area contributed by atoms with Crippen molar-refractivity contribution in [1.82, 2.24) is 4.98 Å². The van der Waals surface area contributed by atoms with Gasteiger partial charge in [0.05, 0.1) is 7.11 Å². The highest BCUT2D eigenvalue weighted by Gasteiger charge is 2.24. The first kappa shape index (κ1) is 19.8. The van der Waals surface area contributed by atoms with Crippen LogP contribution in [0.5, 0.6) is 0 Å². The van der Waals surface area contributed by atoms with E-state index in [2.05, 4.69) is 16.0 Å². The Morgan fingerprint density at radius 2 is 2.19 bits per heavy atom. The van der Waals surface area contributed by atoms with Crippen LogP contribution in [-0.2, 0) is 9.53 Å². The van der Waals surface area contributed by atoms with Gasteiger partial charge in [0.2, 0.25) is 0 Å². The Morgan fingerprint density at radius 1 is 1.50 bits per heavy atom. The quantitative estimate of drug-likeness (QED) is 0.477. The van der Waals surface area contributed by atoms with E-state index < -0.39 is 11.2 Å². The topological polar surface area (TPSA) is 101 Å². The lowest BCUT2D eigenvalue weighted by Crippen LogP contribution is -2.16. The summed E-state index contributed by atoms with van der Waals surface area (Å²) >= 11 is 7.53. The molecule has 8 heteroatoms. The second-order valence-electron chi connectivity index (χ2n) is 5.23. The largest absolute Gasteiger partial charge is 0.468 e. The minimum atomic E-state index is -0.511. The van der Waals surface area contributed by atoms with Crippen LogP contribution in [0.15, 0.2) is 34.3 Å². The van der Waals surface area contributed by atoms with Gasteiger partial charge in [0.15, 0.2) is 0 Å². The number of nitrogen functional groups attached to an aromatic ring is 1. The number of aromatic nitrogens is 1. The summed E-state index contributed by atoms with van der Waals surface area (Å²) in [6, 6.07) is 9.23. The van der Waals surface area contributed by atoms with Crippen molar-refractivity contribution in [2.75, 3.05) is 19.9 Å². The third kappa shape index (κ3) is 3.98. The SMILES string of the molecule is CN=Cc1c(SC(C)C(=O)OC)nc(N)c(C#N)c1-c1ccccc1Cl. The number of benzene rings is 1. The van der Waals surface area contributed by atoms with E-state index in [0.717, 1.165) is 0 Å². The number of hydrogen-bond acceptors (Lipinski definition) is 7. The summed E-state index contributed by atoms with van der Waals surface area (Å²) in [5, 5.41) is 10.0. The van der Waals surface area contributed by atoms with E-state index in [4.69, 9.17) is 22.1 Å². The number of thioether (sulfide) groups is 1. The highest BCUT2D eigenvalue weighted by Crippen LogP contribution is 2.39. The number of ether oxygens (including phenoxy) is 1. The fourth-order valence-corrected chi connectivity index (χ4v) is 3.56. The van der Waals surface area contributed by atoms with Gasteiger partial charge >= 0.3 is 5.97 Å². The second kappa shape index (κ2) is 8.70. The minimum absolute atomic E-state index is 0.0650. The number of carbonyl (C=O) groups is 1. The molecule has 26 heavy (non-hydrogen) atoms. The van der Waals surface area contributed by atoms with Gasteiger partial charge in [-0.3, -0.25) is 9.79 Å². The Morgan fingerprint density at radius 3 is 2.77 bits per heavy atom. The number of rotatable bonds is 5. The predicted molar refractivity (Wildman–Crippen MR) is 105 cm³/mol.